The Balaban J connectivity index is 1.86. The molecule has 0 aromatic carbocycles. The van der Waals surface area contributed by atoms with Gasteiger partial charge in [-0.25, -0.2) is 0 Å². The second kappa shape index (κ2) is 3.82. The van der Waals surface area contributed by atoms with Crippen LogP contribution in [0.5, 0.6) is 0 Å². The third-order valence-corrected chi connectivity index (χ3v) is 3.61. The molecule has 1 aliphatic heterocycles. The van der Waals surface area contributed by atoms with E-state index in [9.17, 15) is 9.59 Å². The Morgan fingerprint density at radius 2 is 1.81 bits per heavy atom. The molecule has 1 saturated carbocycles. The lowest BCUT2D eigenvalue weighted by molar-refractivity contribution is -0.143. The number of hydrogen-bond donors (Lipinski definition) is 1. The van der Waals surface area contributed by atoms with E-state index in [4.69, 9.17) is 10.5 Å². The predicted octanol–water partition coefficient (Wildman–Crippen LogP) is -0.397. The van der Waals surface area contributed by atoms with Gasteiger partial charge in [-0.2, -0.15) is 0 Å². The van der Waals surface area contributed by atoms with Crippen LogP contribution in [0.25, 0.3) is 0 Å². The third kappa shape index (κ3) is 1.55. The van der Waals surface area contributed by atoms with E-state index >= 15 is 0 Å². The molecule has 5 heteroatoms. The molecule has 2 aliphatic rings. The Bertz CT molecular complexity index is 303. The maximum atomic E-state index is 11.9. The fourth-order valence-corrected chi connectivity index (χ4v) is 2.57. The zero-order valence-corrected chi connectivity index (χ0v) is 9.73. The first-order valence-electron chi connectivity index (χ1n) is 5.65. The number of carbonyl (C=O) groups is 2. The largest absolute Gasteiger partial charge is 0.378 e. The SMILES string of the molecule is CC1(C)C2C(=O)N(CCOCCN)C(=O)C21. The van der Waals surface area contributed by atoms with Crippen LogP contribution in [0.3, 0.4) is 0 Å². The van der Waals surface area contributed by atoms with Crippen molar-refractivity contribution in [2.75, 3.05) is 26.3 Å². The maximum Gasteiger partial charge on any atom is 0.233 e. The van der Waals surface area contributed by atoms with Gasteiger partial charge in [0.15, 0.2) is 0 Å². The molecule has 16 heavy (non-hydrogen) atoms. The standard InChI is InChI=1S/C11H18N2O3/c1-11(2)7-8(11)10(15)13(9(7)14)4-6-16-5-3-12/h7-8H,3-6,12H2,1-2H3. The van der Waals surface area contributed by atoms with Gasteiger partial charge in [0.2, 0.25) is 11.8 Å². The summed E-state index contributed by atoms with van der Waals surface area (Å²) in [5.74, 6) is -0.239. The number of nitrogens with zero attached hydrogens (tertiary/aromatic N) is 1. The van der Waals surface area contributed by atoms with Crippen molar-refractivity contribution in [2.24, 2.45) is 23.0 Å². The average Bonchev–Trinajstić information content (AvgIpc) is 2.68. The van der Waals surface area contributed by atoms with Crippen molar-refractivity contribution in [3.8, 4) is 0 Å². The highest BCUT2D eigenvalue weighted by atomic mass is 16.5. The van der Waals surface area contributed by atoms with Gasteiger partial charge in [-0.15, -0.1) is 0 Å². The van der Waals surface area contributed by atoms with Crippen molar-refractivity contribution in [1.82, 2.24) is 4.90 Å². The Labute approximate surface area is 94.9 Å². The normalized spacial score (nSPS) is 30.8. The van der Waals surface area contributed by atoms with Crippen molar-refractivity contribution >= 4 is 11.8 Å². The van der Waals surface area contributed by atoms with E-state index in [1.54, 1.807) is 0 Å². The highest BCUT2D eigenvalue weighted by molar-refractivity contribution is 6.10. The van der Waals surface area contributed by atoms with Crippen LogP contribution in [-0.4, -0.2) is 43.0 Å². The molecule has 2 fully saturated rings. The summed E-state index contributed by atoms with van der Waals surface area (Å²) < 4.78 is 5.17. The van der Waals surface area contributed by atoms with Gasteiger partial charge in [-0.05, 0) is 5.41 Å². The van der Waals surface area contributed by atoms with Gasteiger partial charge in [-0.3, -0.25) is 14.5 Å². The quantitative estimate of drug-likeness (QED) is 0.511. The van der Waals surface area contributed by atoms with Crippen LogP contribution in [0, 0.1) is 17.3 Å². The van der Waals surface area contributed by atoms with Crippen LogP contribution in [0.4, 0.5) is 0 Å². The van der Waals surface area contributed by atoms with Crippen LogP contribution >= 0.6 is 0 Å². The lowest BCUT2D eigenvalue weighted by Gasteiger charge is -2.20. The van der Waals surface area contributed by atoms with Gasteiger partial charge in [-0.1, -0.05) is 13.8 Å². The first-order chi connectivity index (χ1) is 7.51. The van der Waals surface area contributed by atoms with Gasteiger partial charge in [0.05, 0.1) is 31.6 Å². The summed E-state index contributed by atoms with van der Waals surface area (Å²) in [5, 5.41) is 0. The van der Waals surface area contributed by atoms with Gasteiger partial charge >= 0.3 is 0 Å². The number of carbonyl (C=O) groups excluding carboxylic acids is 2. The molecular weight excluding hydrogens is 208 g/mol. The van der Waals surface area contributed by atoms with Crippen molar-refractivity contribution in [2.45, 2.75) is 13.8 Å². The third-order valence-electron chi connectivity index (χ3n) is 3.61. The van der Waals surface area contributed by atoms with E-state index < -0.39 is 0 Å². The number of piperidine rings is 1. The Kier molecular flexibility index (Phi) is 2.75. The molecule has 0 aromatic heterocycles. The number of hydrogen-bond acceptors (Lipinski definition) is 4. The van der Waals surface area contributed by atoms with E-state index in [1.165, 1.54) is 4.90 Å². The number of rotatable bonds is 5. The molecule has 0 bridgehead atoms. The van der Waals surface area contributed by atoms with Crippen LogP contribution in [0.2, 0.25) is 0 Å². The average molecular weight is 226 g/mol. The number of amides is 2. The smallest absolute Gasteiger partial charge is 0.233 e. The molecule has 0 aromatic rings. The highest BCUT2D eigenvalue weighted by Crippen LogP contribution is 2.63. The van der Waals surface area contributed by atoms with Crippen molar-refractivity contribution < 1.29 is 14.3 Å². The Hall–Kier alpha value is -0.940. The summed E-state index contributed by atoms with van der Waals surface area (Å²) in [7, 11) is 0. The molecule has 1 saturated heterocycles. The molecule has 90 valence electrons. The molecule has 2 atom stereocenters. The van der Waals surface area contributed by atoms with Gasteiger partial charge in [0.25, 0.3) is 0 Å². The lowest BCUT2D eigenvalue weighted by atomic mass is 10.1. The summed E-state index contributed by atoms with van der Waals surface area (Å²) in [6.45, 7) is 5.62. The fourth-order valence-electron chi connectivity index (χ4n) is 2.57. The minimum absolute atomic E-state index is 0.0312. The second-order valence-electron chi connectivity index (χ2n) is 5.01. The summed E-state index contributed by atoms with van der Waals surface area (Å²) in [6, 6.07) is 0. The van der Waals surface area contributed by atoms with E-state index in [1.807, 2.05) is 13.8 Å². The molecule has 0 radical (unpaired) electrons. The first kappa shape index (κ1) is 11.5. The van der Waals surface area contributed by atoms with E-state index in [2.05, 4.69) is 0 Å². The van der Waals surface area contributed by atoms with Crippen LogP contribution in [0.15, 0.2) is 0 Å². The molecule has 0 spiro atoms. The summed E-state index contributed by atoms with van der Waals surface area (Å²) in [5.41, 5.74) is 5.15. The summed E-state index contributed by atoms with van der Waals surface area (Å²) in [6.07, 6.45) is 0. The monoisotopic (exact) mass is 226 g/mol. The van der Waals surface area contributed by atoms with Crippen molar-refractivity contribution in [3.05, 3.63) is 0 Å². The molecule has 1 aliphatic carbocycles. The summed E-state index contributed by atoms with van der Waals surface area (Å²) >= 11 is 0. The second-order valence-corrected chi connectivity index (χ2v) is 5.01. The van der Waals surface area contributed by atoms with Crippen molar-refractivity contribution in [1.29, 1.82) is 0 Å². The minimum Gasteiger partial charge on any atom is -0.378 e. The molecular formula is C11H18N2O3. The number of likely N-dealkylation sites (tertiary alicyclic amines) is 1. The van der Waals surface area contributed by atoms with Gasteiger partial charge < -0.3 is 10.5 Å². The number of imide groups is 1. The van der Waals surface area contributed by atoms with E-state index in [0.29, 0.717) is 26.3 Å². The fraction of sp³-hybridized carbons (Fsp3) is 0.818. The molecule has 1 heterocycles. The van der Waals surface area contributed by atoms with Gasteiger partial charge in [0, 0.05) is 6.54 Å². The van der Waals surface area contributed by atoms with E-state index in [-0.39, 0.29) is 29.1 Å². The van der Waals surface area contributed by atoms with Crippen LogP contribution in [0.1, 0.15) is 13.8 Å². The highest BCUT2D eigenvalue weighted by Gasteiger charge is 2.72. The molecule has 2 unspecified atom stereocenters. The van der Waals surface area contributed by atoms with Crippen LogP contribution in [-0.2, 0) is 14.3 Å². The molecule has 2 N–H and O–H groups in total. The Morgan fingerprint density at radius 3 is 2.31 bits per heavy atom. The number of ether oxygens (including phenoxy) is 1. The molecule has 2 rings (SSSR count). The molecule has 2 amide bonds. The van der Waals surface area contributed by atoms with E-state index in [0.717, 1.165) is 0 Å². The zero-order chi connectivity index (χ0) is 11.9. The van der Waals surface area contributed by atoms with Gasteiger partial charge in [0.1, 0.15) is 0 Å². The van der Waals surface area contributed by atoms with Crippen molar-refractivity contribution in [3.63, 3.8) is 0 Å². The van der Waals surface area contributed by atoms with Crippen LogP contribution < -0.4 is 5.73 Å². The number of nitrogens with two attached hydrogens (primary N) is 1. The lowest BCUT2D eigenvalue weighted by Crippen LogP contribution is -2.38. The first-order valence-corrected chi connectivity index (χ1v) is 5.65. The number of fused-ring (bicyclic) bond motifs is 1. The topological polar surface area (TPSA) is 72.6 Å². The minimum atomic E-state index is -0.122. The Morgan fingerprint density at radius 1 is 1.25 bits per heavy atom. The predicted molar refractivity (Wildman–Crippen MR) is 57.4 cm³/mol. The molecule has 5 nitrogen and oxygen atoms in total. The summed E-state index contributed by atoms with van der Waals surface area (Å²) in [4.78, 5) is 25.1. The zero-order valence-electron chi connectivity index (χ0n) is 9.73. The maximum absolute atomic E-state index is 11.9.